The first kappa shape index (κ1) is 6.62. The summed E-state index contributed by atoms with van der Waals surface area (Å²) < 4.78 is 0. The fourth-order valence-corrected chi connectivity index (χ4v) is 0.682. The number of allylic oxidation sites excluding steroid dienone is 1. The standard InChI is InChI=1S/C6H8ClN2/c1-2-6(7)4-3-5-8-9-6/h2-5,9H,1H3. The number of alkyl halides is 1. The highest BCUT2D eigenvalue weighted by Gasteiger charge is 2.20. The van der Waals surface area contributed by atoms with E-state index in [0.717, 1.165) is 0 Å². The van der Waals surface area contributed by atoms with Gasteiger partial charge in [-0.15, -0.1) is 0 Å². The lowest BCUT2D eigenvalue weighted by Gasteiger charge is -2.22. The van der Waals surface area contributed by atoms with Crippen molar-refractivity contribution in [1.82, 2.24) is 5.43 Å². The second-order valence-electron chi connectivity index (χ2n) is 1.81. The minimum Gasteiger partial charge on any atom is -0.285 e. The molecule has 0 aromatic rings. The molecule has 0 amide bonds. The van der Waals surface area contributed by atoms with E-state index in [9.17, 15) is 0 Å². The van der Waals surface area contributed by atoms with Gasteiger partial charge in [0.2, 0.25) is 0 Å². The highest BCUT2D eigenvalue weighted by Crippen LogP contribution is 2.17. The molecule has 1 rings (SSSR count). The first-order chi connectivity index (χ1) is 4.27. The topological polar surface area (TPSA) is 24.4 Å². The number of halogens is 1. The molecule has 1 heterocycles. The predicted octanol–water partition coefficient (Wildman–Crippen LogP) is 1.29. The van der Waals surface area contributed by atoms with Crippen LogP contribution in [0.2, 0.25) is 0 Å². The molecule has 1 N–H and O–H groups in total. The third kappa shape index (κ3) is 1.45. The quantitative estimate of drug-likeness (QED) is 0.434. The summed E-state index contributed by atoms with van der Waals surface area (Å²) in [6.45, 7) is 1.88. The van der Waals surface area contributed by atoms with E-state index >= 15 is 0 Å². The van der Waals surface area contributed by atoms with Crippen LogP contribution in [-0.2, 0) is 0 Å². The summed E-state index contributed by atoms with van der Waals surface area (Å²) in [5.74, 6) is 0. The smallest absolute Gasteiger partial charge is 0.149 e. The molecule has 1 aliphatic heterocycles. The summed E-state index contributed by atoms with van der Waals surface area (Å²) in [5.41, 5.74) is 2.74. The average Bonchev–Trinajstić information content (AvgIpc) is 1.90. The van der Waals surface area contributed by atoms with Crippen molar-refractivity contribution in [1.29, 1.82) is 0 Å². The van der Waals surface area contributed by atoms with Gasteiger partial charge in [0.05, 0.1) is 0 Å². The number of hydrogen-bond acceptors (Lipinski definition) is 2. The van der Waals surface area contributed by atoms with Crippen LogP contribution in [0, 0.1) is 6.42 Å². The van der Waals surface area contributed by atoms with Crippen molar-refractivity contribution in [2.24, 2.45) is 5.10 Å². The van der Waals surface area contributed by atoms with Crippen molar-refractivity contribution < 1.29 is 0 Å². The normalized spacial score (nSPS) is 32.2. The lowest BCUT2D eigenvalue weighted by molar-refractivity contribution is 0.624. The number of rotatable bonds is 1. The zero-order valence-corrected chi connectivity index (χ0v) is 5.89. The van der Waals surface area contributed by atoms with Gasteiger partial charge in [-0.2, -0.15) is 5.10 Å². The molecule has 0 fully saturated rings. The maximum atomic E-state index is 5.89. The summed E-state index contributed by atoms with van der Waals surface area (Å²) in [7, 11) is 0. The van der Waals surface area contributed by atoms with Crippen LogP contribution in [0.1, 0.15) is 6.92 Å². The van der Waals surface area contributed by atoms with Crippen molar-refractivity contribution in [3.63, 3.8) is 0 Å². The van der Waals surface area contributed by atoms with Gasteiger partial charge in [-0.05, 0) is 12.2 Å². The summed E-state index contributed by atoms with van der Waals surface area (Å²) >= 11 is 5.89. The molecule has 2 nitrogen and oxygen atoms in total. The Morgan fingerprint density at radius 2 is 2.56 bits per heavy atom. The highest BCUT2D eigenvalue weighted by atomic mass is 35.5. The molecule has 0 saturated carbocycles. The summed E-state index contributed by atoms with van der Waals surface area (Å²) in [5, 5.41) is 3.78. The number of nitrogens with zero attached hydrogens (tertiary/aromatic N) is 1. The lowest BCUT2D eigenvalue weighted by Crippen LogP contribution is -2.35. The molecule has 0 aliphatic carbocycles. The van der Waals surface area contributed by atoms with Gasteiger partial charge in [-0.3, -0.25) is 5.43 Å². The fraction of sp³-hybridized carbons (Fsp3) is 0.333. The van der Waals surface area contributed by atoms with Crippen molar-refractivity contribution in [2.75, 3.05) is 0 Å². The van der Waals surface area contributed by atoms with Crippen molar-refractivity contribution in [2.45, 2.75) is 11.9 Å². The molecular formula is C6H8ClN2. The van der Waals surface area contributed by atoms with Crippen LogP contribution in [0.3, 0.4) is 0 Å². The van der Waals surface area contributed by atoms with Gasteiger partial charge in [0.25, 0.3) is 0 Å². The molecule has 9 heavy (non-hydrogen) atoms. The zero-order chi connectivity index (χ0) is 6.74. The van der Waals surface area contributed by atoms with Gasteiger partial charge in [-0.1, -0.05) is 18.5 Å². The lowest BCUT2D eigenvalue weighted by atomic mass is 10.2. The molecule has 0 bridgehead atoms. The highest BCUT2D eigenvalue weighted by molar-refractivity contribution is 6.26. The molecule has 3 heteroatoms. The van der Waals surface area contributed by atoms with Gasteiger partial charge in [0.15, 0.2) is 0 Å². The van der Waals surface area contributed by atoms with E-state index in [4.69, 9.17) is 11.6 Å². The average molecular weight is 144 g/mol. The van der Waals surface area contributed by atoms with E-state index in [2.05, 4.69) is 10.5 Å². The Morgan fingerprint density at radius 1 is 1.78 bits per heavy atom. The van der Waals surface area contributed by atoms with Gasteiger partial charge >= 0.3 is 0 Å². The van der Waals surface area contributed by atoms with Crippen molar-refractivity contribution >= 4 is 17.8 Å². The largest absolute Gasteiger partial charge is 0.285 e. The van der Waals surface area contributed by atoms with Crippen LogP contribution in [-0.4, -0.2) is 11.2 Å². The van der Waals surface area contributed by atoms with Gasteiger partial charge in [0, 0.05) is 12.6 Å². The Kier molecular flexibility index (Phi) is 1.76. The summed E-state index contributed by atoms with van der Waals surface area (Å²) in [6.07, 6.45) is 7.14. The van der Waals surface area contributed by atoms with E-state index in [1.165, 1.54) is 0 Å². The third-order valence-electron chi connectivity index (χ3n) is 1.16. The molecule has 0 spiro atoms. The van der Waals surface area contributed by atoms with Gasteiger partial charge in [0.1, 0.15) is 5.00 Å². The van der Waals surface area contributed by atoms with Crippen molar-refractivity contribution in [3.8, 4) is 0 Å². The van der Waals surface area contributed by atoms with Crippen LogP contribution in [0.25, 0.3) is 0 Å². The molecule has 1 aliphatic rings. The number of hydrogen-bond donors (Lipinski definition) is 1. The van der Waals surface area contributed by atoms with Crippen LogP contribution in [0.5, 0.6) is 0 Å². The Morgan fingerprint density at radius 3 is 2.89 bits per heavy atom. The molecule has 1 radical (unpaired) electrons. The number of nitrogens with one attached hydrogen (secondary N) is 1. The first-order valence-electron chi connectivity index (χ1n) is 2.74. The predicted molar refractivity (Wildman–Crippen MR) is 39.3 cm³/mol. The van der Waals surface area contributed by atoms with Crippen LogP contribution >= 0.6 is 11.6 Å². The summed E-state index contributed by atoms with van der Waals surface area (Å²) in [6, 6.07) is 0. The first-order valence-corrected chi connectivity index (χ1v) is 3.12. The molecule has 0 aromatic carbocycles. The zero-order valence-electron chi connectivity index (χ0n) is 5.13. The Bertz CT molecular complexity index is 153. The maximum absolute atomic E-state index is 5.89. The fourth-order valence-electron chi connectivity index (χ4n) is 0.560. The van der Waals surface area contributed by atoms with E-state index in [1.807, 2.05) is 25.5 Å². The van der Waals surface area contributed by atoms with Crippen molar-refractivity contribution in [3.05, 3.63) is 18.6 Å². The molecule has 0 saturated heterocycles. The molecule has 1 unspecified atom stereocenters. The van der Waals surface area contributed by atoms with E-state index in [-0.39, 0.29) is 0 Å². The maximum Gasteiger partial charge on any atom is 0.149 e. The minimum absolute atomic E-state index is 0.561. The van der Waals surface area contributed by atoms with E-state index < -0.39 is 5.00 Å². The second kappa shape index (κ2) is 2.40. The van der Waals surface area contributed by atoms with Crippen LogP contribution < -0.4 is 5.43 Å². The Labute approximate surface area is 59.6 Å². The minimum atomic E-state index is -0.561. The van der Waals surface area contributed by atoms with E-state index in [1.54, 1.807) is 6.21 Å². The molecular weight excluding hydrogens is 136 g/mol. The number of hydrazone groups is 1. The molecule has 1 atom stereocenters. The monoisotopic (exact) mass is 143 g/mol. The SMILES string of the molecule is C[CH]C1(Cl)C=CC=NN1. The molecule has 49 valence electrons. The van der Waals surface area contributed by atoms with Crippen LogP contribution in [0.4, 0.5) is 0 Å². The summed E-state index contributed by atoms with van der Waals surface area (Å²) in [4.78, 5) is -0.561. The Hall–Kier alpha value is -0.500. The van der Waals surface area contributed by atoms with Gasteiger partial charge in [-0.25, -0.2) is 0 Å². The second-order valence-corrected chi connectivity index (χ2v) is 2.43. The van der Waals surface area contributed by atoms with Gasteiger partial charge < -0.3 is 0 Å². The molecule has 0 aromatic heterocycles. The van der Waals surface area contributed by atoms with Crippen LogP contribution in [0.15, 0.2) is 17.3 Å². The third-order valence-corrected chi connectivity index (χ3v) is 1.58. The van der Waals surface area contributed by atoms with E-state index in [0.29, 0.717) is 0 Å². The Balaban J connectivity index is 2.63.